The number of ether oxygens (including phenoxy) is 3. The summed E-state index contributed by atoms with van der Waals surface area (Å²) in [6, 6.07) is 59.5. The van der Waals surface area contributed by atoms with E-state index in [-0.39, 0.29) is 53.2 Å². The first-order valence-electron chi connectivity index (χ1n) is 39.4. The zero-order chi connectivity index (χ0) is 73.2. The van der Waals surface area contributed by atoms with Crippen molar-refractivity contribution in [1.82, 2.24) is 4.90 Å². The van der Waals surface area contributed by atoms with Crippen molar-refractivity contribution in [3.63, 3.8) is 0 Å². The highest BCUT2D eigenvalue weighted by molar-refractivity contribution is 5.92. The second kappa shape index (κ2) is 28.6. The molecule has 0 N–H and O–H groups in total. The lowest BCUT2D eigenvalue weighted by molar-refractivity contribution is 0.0872. The number of hydrogen-bond donors (Lipinski definition) is 0. The van der Waals surface area contributed by atoms with Crippen LogP contribution in [0.5, 0.6) is 11.5 Å². The van der Waals surface area contributed by atoms with Crippen LogP contribution in [-0.2, 0) is 15.6 Å². The average molecular weight is 1430 g/mol. The van der Waals surface area contributed by atoms with Crippen LogP contribution in [0.3, 0.4) is 0 Å². The fourth-order valence-corrected chi connectivity index (χ4v) is 20.1. The van der Waals surface area contributed by atoms with E-state index < -0.39 is 11.6 Å². The van der Waals surface area contributed by atoms with Crippen LogP contribution in [0.1, 0.15) is 122 Å². The monoisotopic (exact) mass is 1430 g/mol. The van der Waals surface area contributed by atoms with Crippen LogP contribution in [0, 0.1) is 23.6 Å². The minimum Gasteiger partial charge on any atom is -0.493 e. The molecule has 538 valence electrons. The molecule has 0 spiro atoms. The lowest BCUT2D eigenvalue weighted by Gasteiger charge is -2.43. The predicted octanol–water partition coefficient (Wildman–Crippen LogP) is 24.4. The number of alkyl halides is 1. The summed E-state index contributed by atoms with van der Waals surface area (Å²) in [6.45, 7) is 7.87. The number of anilines is 1. The number of hydrogen-bond acceptors (Lipinski definition) is 5. The highest BCUT2D eigenvalue weighted by Crippen LogP contribution is 2.63. The van der Waals surface area contributed by atoms with E-state index in [1.165, 1.54) is 78.1 Å². The molecule has 7 aromatic carbocycles. The second-order valence-corrected chi connectivity index (χ2v) is 31.0. The van der Waals surface area contributed by atoms with Crippen molar-refractivity contribution < 1.29 is 23.0 Å². The highest BCUT2D eigenvalue weighted by atomic mass is 19.1. The molecule has 7 heteroatoms. The van der Waals surface area contributed by atoms with Gasteiger partial charge in [-0.3, -0.25) is 0 Å². The Bertz CT molecular complexity index is 5420. The van der Waals surface area contributed by atoms with Crippen LogP contribution in [0.25, 0.3) is 34.4 Å². The van der Waals surface area contributed by atoms with E-state index in [1.54, 1.807) is 18.2 Å². The van der Waals surface area contributed by atoms with E-state index >= 15 is 8.78 Å². The zero-order valence-electron chi connectivity index (χ0n) is 61.4. The third-order valence-corrected chi connectivity index (χ3v) is 25.1. The molecule has 0 radical (unpaired) electrons. The molecule has 1 heterocycles. The molecule has 5 nitrogen and oxygen atoms in total. The molecule has 19 rings (SSSR count). The van der Waals surface area contributed by atoms with Crippen LogP contribution < -0.4 is 14.4 Å². The second-order valence-electron chi connectivity index (χ2n) is 31.0. The molecule has 10 unspecified atom stereocenters. The molecule has 0 amide bonds. The summed E-state index contributed by atoms with van der Waals surface area (Å²) in [5.41, 5.74) is 24.2. The molecular weight excluding hydrogens is 1340 g/mol. The Labute approximate surface area is 640 Å². The Morgan fingerprint density at radius 3 is 2.09 bits per heavy atom. The normalized spacial score (nSPS) is 26.5. The van der Waals surface area contributed by atoms with E-state index in [0.29, 0.717) is 12.8 Å². The van der Waals surface area contributed by atoms with Crippen molar-refractivity contribution in [2.75, 3.05) is 4.90 Å². The van der Waals surface area contributed by atoms with E-state index in [9.17, 15) is 0 Å². The highest BCUT2D eigenvalue weighted by Gasteiger charge is 2.53. The molecule has 11 aliphatic carbocycles. The molecule has 109 heavy (non-hydrogen) atoms. The van der Waals surface area contributed by atoms with Crippen molar-refractivity contribution in [1.29, 1.82) is 0 Å². The maximum atomic E-state index is 15.3. The number of benzene rings is 7. The van der Waals surface area contributed by atoms with Crippen molar-refractivity contribution in [2.45, 2.75) is 118 Å². The third-order valence-electron chi connectivity index (χ3n) is 25.1. The smallest absolute Gasteiger partial charge is 0.127 e. The largest absolute Gasteiger partial charge is 0.493 e. The Morgan fingerprint density at radius 1 is 0.569 bits per heavy atom. The van der Waals surface area contributed by atoms with Gasteiger partial charge in [0.1, 0.15) is 46.9 Å². The van der Waals surface area contributed by atoms with Gasteiger partial charge in [0.2, 0.25) is 0 Å². The summed E-state index contributed by atoms with van der Waals surface area (Å²) < 4.78 is 50.8. The molecule has 0 aromatic heterocycles. The molecule has 0 saturated heterocycles. The molecular formula is C102H88F2N2O3. The van der Waals surface area contributed by atoms with E-state index in [4.69, 9.17) is 14.2 Å². The summed E-state index contributed by atoms with van der Waals surface area (Å²) in [4.78, 5) is 5.02. The molecule has 7 aromatic rings. The van der Waals surface area contributed by atoms with Crippen LogP contribution in [-0.4, -0.2) is 35.3 Å². The molecule has 10 atom stereocenters. The number of fused-ring (bicyclic) bond motifs is 7. The van der Waals surface area contributed by atoms with Crippen molar-refractivity contribution in [2.24, 2.45) is 17.8 Å². The van der Waals surface area contributed by atoms with Gasteiger partial charge in [-0.2, -0.15) is 0 Å². The molecule has 0 fully saturated rings. The number of rotatable bonds is 18. The topological polar surface area (TPSA) is 34.2 Å². The molecule has 0 bridgehead atoms. The minimum absolute atomic E-state index is 0.0270. The summed E-state index contributed by atoms with van der Waals surface area (Å²) in [5, 5.41) is 0. The standard InChI is InChI=1S/C102H88F2N2O3/c1-3-67-29-49-85(50-30-67)107-87-53-35-75(36-54-87)101(73-19-7-5-8-20-73)95-27-13-11-25-89(95)91-57-33-71(63-97(91)101)69-17-15-23-81(61-69)105(79-43-39-77(103)40-44-79)83-47-59-93-94-60-48-84(66-100(94)109-99(93)65-83)106(80-45-41-78(104)42-46-80)82-24-16-18-70(62-82)72-34-58-92-90-26-12-14-28-96(90)102(98(92)64-72,74-21-9-6-10-22-74)76-37-55-88(56-38-76)108-86-51-31-68(4-2)32-52-86/h3-9,11-15,17-21,25-35,37,39-41,43-55,57-63,72,75,78,81,83-84,94,100H,1-2,10,16,22-24,36,38,42,56,64-66H2. The van der Waals surface area contributed by atoms with Gasteiger partial charge in [-0.25, -0.2) is 8.78 Å². The summed E-state index contributed by atoms with van der Waals surface area (Å²) in [7, 11) is 0. The van der Waals surface area contributed by atoms with Crippen molar-refractivity contribution >= 4 is 29.0 Å². The maximum Gasteiger partial charge on any atom is 0.127 e. The SMILES string of the molecule is C=Cc1ccc(OC2=CCC(C3(c4ccccc4)c4ccccc4-c4ccc(C5=CC(N(c6ccc(F)cc6)C6C=CC7=C(C6)OC6CC(N(C8=CCC(F)C=C8)C8=CC(C9C=CC%10=C(C9)C(C9=CC=CCC9)(C9=CC=C(Oc%11ccc(C=C)cc%11)CC9)c9ccccc9%10)=CCC8)C=CC76)CC=C5)cc43)C=C2)cc1. The third kappa shape index (κ3) is 12.1. The number of nitrogens with zero attached hydrogens (tertiary/aromatic N) is 2. The first-order chi connectivity index (χ1) is 53.7. The Balaban J connectivity index is 0.591. The van der Waals surface area contributed by atoms with Gasteiger partial charge in [0.15, 0.2) is 0 Å². The summed E-state index contributed by atoms with van der Waals surface area (Å²) in [5.74, 6) is 4.53. The summed E-state index contributed by atoms with van der Waals surface area (Å²) >= 11 is 0. The van der Waals surface area contributed by atoms with E-state index in [2.05, 4.69) is 254 Å². The first-order valence-corrected chi connectivity index (χ1v) is 39.4. The van der Waals surface area contributed by atoms with Gasteiger partial charge < -0.3 is 24.0 Å². The van der Waals surface area contributed by atoms with Crippen molar-refractivity contribution in [3.8, 4) is 22.6 Å². The first kappa shape index (κ1) is 68.0. The molecule has 12 aliphatic rings. The minimum atomic E-state index is -1.02. The van der Waals surface area contributed by atoms with Crippen LogP contribution in [0.15, 0.2) is 373 Å². The average Bonchev–Trinajstić information content (AvgIpc) is 1.40. The van der Waals surface area contributed by atoms with Crippen molar-refractivity contribution in [3.05, 3.63) is 424 Å². The van der Waals surface area contributed by atoms with Gasteiger partial charge in [-0.05, 0) is 226 Å². The fraction of sp³-hybridized carbons (Fsp3) is 0.216. The van der Waals surface area contributed by atoms with Gasteiger partial charge in [-0.15, -0.1) is 0 Å². The molecule has 1 aliphatic heterocycles. The molecule has 0 saturated carbocycles. The van der Waals surface area contributed by atoms with Gasteiger partial charge >= 0.3 is 0 Å². The Kier molecular flexibility index (Phi) is 17.8. The lowest BCUT2D eigenvalue weighted by Crippen LogP contribution is -2.43. The van der Waals surface area contributed by atoms with Crippen LogP contribution in [0.4, 0.5) is 14.5 Å². The van der Waals surface area contributed by atoms with Gasteiger partial charge in [0.25, 0.3) is 0 Å². The Morgan fingerprint density at radius 2 is 1.34 bits per heavy atom. The fourth-order valence-electron chi connectivity index (χ4n) is 20.1. The van der Waals surface area contributed by atoms with E-state index in [1.807, 2.05) is 66.8 Å². The van der Waals surface area contributed by atoms with Crippen LogP contribution in [0.2, 0.25) is 0 Å². The predicted molar refractivity (Wildman–Crippen MR) is 441 cm³/mol. The van der Waals surface area contributed by atoms with Gasteiger partial charge in [-0.1, -0.05) is 249 Å². The summed E-state index contributed by atoms with van der Waals surface area (Å²) in [6.07, 6.45) is 63.1. The van der Waals surface area contributed by atoms with Gasteiger partial charge in [0.05, 0.1) is 29.0 Å². The maximum absolute atomic E-state index is 15.3. The number of halogens is 2. The Hall–Kier alpha value is -11.5. The van der Waals surface area contributed by atoms with E-state index in [0.717, 1.165) is 127 Å². The quantitative estimate of drug-likeness (QED) is 0.0800. The lowest BCUT2D eigenvalue weighted by atomic mass is 9.60. The van der Waals surface area contributed by atoms with Crippen LogP contribution >= 0.6 is 0 Å². The van der Waals surface area contributed by atoms with Gasteiger partial charge in [0, 0.05) is 60.2 Å². The zero-order valence-corrected chi connectivity index (χ0v) is 61.4. The number of allylic oxidation sites excluding steroid dienone is 25.